The number of imidazole rings is 1. The van der Waals surface area contributed by atoms with Crippen molar-refractivity contribution in [2.75, 3.05) is 76.6 Å². The molecular weight excluding hydrogens is 1400 g/mol. The molecule has 9 rings (SSSR count). The second kappa shape index (κ2) is 39.1. The predicted octanol–water partition coefficient (Wildman–Crippen LogP) is 15.8. The number of ether oxygens (including phenoxy) is 3. The van der Waals surface area contributed by atoms with Crippen LogP contribution in [-0.4, -0.2) is 122 Å². The topological polar surface area (TPSA) is 264 Å². The molecule has 0 aliphatic rings. The number of hydrogen-bond donors (Lipinski definition) is 3. The SMILES string of the molecule is CC#N.CCCc1c(OCCCN(C)C(=O)Nc2ccc(F)cn2)ccc2c(C(F)(F)F)noc12.CCCc1c(OCCCN(C)C(=O)n2ccnc2)ccc2c(C(F)(F)F)noc12.CCCc1c(OCCCNC)ccc2c(C(F)(F)F)noc12.Nc1ccc(F)cn1.[2H]CI. The fourth-order valence-corrected chi connectivity index (χ4v) is 8.81. The van der Waals surface area contributed by atoms with E-state index in [1.165, 1.54) is 88.4 Å². The summed E-state index contributed by atoms with van der Waals surface area (Å²) in [6.07, 6.45) is -1.60. The van der Waals surface area contributed by atoms with Crippen LogP contribution in [-0.2, 0) is 37.8 Å². The Bertz CT molecular complexity index is 3850. The number of alkyl halides is 10. The lowest BCUT2D eigenvalue weighted by Gasteiger charge is -2.18. The van der Waals surface area contributed by atoms with Crippen molar-refractivity contribution < 1.29 is 87.0 Å². The van der Waals surface area contributed by atoms with Gasteiger partial charge in [-0.15, -0.1) is 0 Å². The molecule has 0 spiro atoms. The number of pyridine rings is 2. The van der Waals surface area contributed by atoms with Crippen LogP contribution in [0, 0.1) is 23.0 Å². The molecule has 4 N–H and O–H groups in total. The van der Waals surface area contributed by atoms with Gasteiger partial charge in [0.05, 0.1) is 54.4 Å². The number of rotatable bonds is 22. The molecule has 0 saturated carbocycles. The Labute approximate surface area is 560 Å². The minimum absolute atomic E-state index is 0.0153. The highest BCUT2D eigenvalue weighted by molar-refractivity contribution is 14.1. The Balaban J connectivity index is 0.000000284. The minimum atomic E-state index is -4.61. The number of amides is 3. The Morgan fingerprint density at radius 1 is 0.656 bits per heavy atom. The third-order valence-corrected chi connectivity index (χ3v) is 13.1. The Hall–Kier alpha value is -9.07. The Morgan fingerprint density at radius 2 is 1.05 bits per heavy atom. The Morgan fingerprint density at radius 3 is 1.39 bits per heavy atom. The number of nitrogens with zero attached hydrogens (tertiary/aromatic N) is 10. The smallest absolute Gasteiger partial charge is 0.437 e. The van der Waals surface area contributed by atoms with Crippen molar-refractivity contribution in [3.05, 3.63) is 137 Å². The highest BCUT2D eigenvalue weighted by Gasteiger charge is 2.40. The molecule has 3 amide bonds. The van der Waals surface area contributed by atoms with Crippen molar-refractivity contribution in [1.29, 1.82) is 5.26 Å². The van der Waals surface area contributed by atoms with E-state index in [0.29, 0.717) is 116 Å². The van der Waals surface area contributed by atoms with Crippen LogP contribution in [0.4, 0.5) is 69.5 Å². The molecular formula is C63H73F11IN13O8. The van der Waals surface area contributed by atoms with E-state index in [-0.39, 0.29) is 57.2 Å². The van der Waals surface area contributed by atoms with Gasteiger partial charge in [0.15, 0.2) is 33.8 Å². The Kier molecular flexibility index (Phi) is 31.6. The number of nitriles is 1. The summed E-state index contributed by atoms with van der Waals surface area (Å²) in [5, 5.41) is 22.3. The van der Waals surface area contributed by atoms with E-state index in [0.717, 1.165) is 31.8 Å². The van der Waals surface area contributed by atoms with E-state index in [1.807, 2.05) is 50.4 Å². The van der Waals surface area contributed by atoms with Crippen LogP contribution in [0.1, 0.15) is 101 Å². The van der Waals surface area contributed by atoms with Gasteiger partial charge in [-0.2, -0.15) is 44.8 Å². The summed E-state index contributed by atoms with van der Waals surface area (Å²) < 4.78 is 182. The number of fused-ring (bicyclic) bond motifs is 3. The zero-order valence-electron chi connectivity index (χ0n) is 54.3. The first kappa shape index (κ1) is 77.6. The number of halogens is 12. The highest BCUT2D eigenvalue weighted by atomic mass is 127. The van der Waals surface area contributed by atoms with Crippen LogP contribution >= 0.6 is 22.6 Å². The molecule has 0 atom stereocenters. The van der Waals surface area contributed by atoms with Gasteiger partial charge in [0.2, 0.25) is 0 Å². The number of carbonyl (C=O) groups is 2. The van der Waals surface area contributed by atoms with Gasteiger partial charge >= 0.3 is 30.6 Å². The summed E-state index contributed by atoms with van der Waals surface area (Å²) >= 11 is 1.96. The van der Waals surface area contributed by atoms with Gasteiger partial charge < -0.3 is 48.6 Å². The number of nitrogens with two attached hydrogens (primary N) is 1. The van der Waals surface area contributed by atoms with Crippen molar-refractivity contribution in [2.45, 2.75) is 104 Å². The largest absolute Gasteiger partial charge is 0.493 e. The average Bonchev–Trinajstić information content (AvgIpc) is 1.67. The fraction of sp³-hybridized carbons (Fsp3) is 0.413. The van der Waals surface area contributed by atoms with E-state index >= 15 is 0 Å². The van der Waals surface area contributed by atoms with Crippen LogP contribution in [0.5, 0.6) is 17.2 Å². The maximum absolute atomic E-state index is 13.1. The van der Waals surface area contributed by atoms with Gasteiger partial charge in [0.1, 0.15) is 46.8 Å². The molecule has 33 heteroatoms. The van der Waals surface area contributed by atoms with Crippen molar-refractivity contribution in [1.82, 2.24) is 50.1 Å². The number of aromatic nitrogens is 7. The molecule has 0 aliphatic carbocycles. The lowest BCUT2D eigenvalue weighted by atomic mass is 10.0. The first-order valence-electron chi connectivity index (χ1n) is 30.2. The summed E-state index contributed by atoms with van der Waals surface area (Å²) in [5.41, 5.74) is 4.15. The second-order valence-electron chi connectivity index (χ2n) is 20.3. The number of carbonyl (C=O) groups excluding carboxylic acids is 2. The predicted molar refractivity (Wildman–Crippen MR) is 345 cm³/mol. The standard InChI is InChI=1S/C21H22F4N4O3.C19H21F3N4O3.C15H19F3N2O2.C5H5FN2.C2H3N.CH3I/c1-3-5-14-16(8-7-15-18(14)32-28-19(15)21(23,24)25)31-11-4-10-29(2)20(30)27-17-9-6-13(22)12-26-17;1-3-5-13-15(7-6-14-16(13)29-24-17(14)19(20,21)22)28-11-4-9-25(2)18(27)26-10-8-23-12-26;1-3-5-10-12(21-9-4-8-19-2)7-6-11-13(10)22-20-14(11)15(16,17)18;6-4-1-2-5(7)8-3-4;1-2-3;1-2/h6-9,12H,3-5,10-11H2,1-2H3,(H,26,27,30);6-8,10,12H,3-5,9,11H2,1-2H3;6-7,19H,3-5,8-9H2,1-2H3;1-3H,(H2,7,8);1H3;1H3/i;;;;;1D. The number of urea groups is 1. The van der Waals surface area contributed by atoms with Gasteiger partial charge in [-0.25, -0.2) is 33.3 Å². The first-order valence-corrected chi connectivity index (χ1v) is 31.0. The second-order valence-corrected chi connectivity index (χ2v) is 20.3. The van der Waals surface area contributed by atoms with Crippen LogP contribution < -0.4 is 30.6 Å². The zero-order valence-corrected chi connectivity index (χ0v) is 55.5. The molecule has 96 heavy (non-hydrogen) atoms. The van der Waals surface area contributed by atoms with Crippen LogP contribution in [0.25, 0.3) is 32.9 Å². The fourth-order valence-electron chi connectivity index (χ4n) is 8.81. The lowest BCUT2D eigenvalue weighted by Crippen LogP contribution is -2.33. The maximum Gasteiger partial charge on any atom is 0.437 e. The molecule has 6 heterocycles. The summed E-state index contributed by atoms with van der Waals surface area (Å²) in [6, 6.07) is 14.9. The van der Waals surface area contributed by atoms with Gasteiger partial charge in [0.25, 0.3) is 0 Å². The van der Waals surface area contributed by atoms with E-state index in [4.69, 9.17) is 40.1 Å². The molecule has 522 valence electrons. The van der Waals surface area contributed by atoms with Crippen molar-refractivity contribution in [3.8, 4) is 23.3 Å². The molecule has 9 aromatic rings. The molecule has 3 aromatic carbocycles. The number of benzene rings is 3. The zero-order chi connectivity index (χ0) is 71.9. The molecule has 0 bridgehead atoms. The summed E-state index contributed by atoms with van der Waals surface area (Å²) in [4.78, 5) is 38.8. The lowest BCUT2D eigenvalue weighted by molar-refractivity contribution is -0.142. The van der Waals surface area contributed by atoms with Gasteiger partial charge in [-0.1, -0.05) is 78.1 Å². The molecule has 0 aliphatic heterocycles. The molecule has 0 fully saturated rings. The van der Waals surface area contributed by atoms with Gasteiger partial charge in [0, 0.05) is 64.6 Å². The van der Waals surface area contributed by atoms with Crippen molar-refractivity contribution >= 4 is 79.2 Å². The van der Waals surface area contributed by atoms with Crippen molar-refractivity contribution in [3.63, 3.8) is 0 Å². The summed E-state index contributed by atoms with van der Waals surface area (Å²) in [5.74, 6) is 1.15. The monoisotopic (exact) mass is 1480 g/mol. The third kappa shape index (κ3) is 23.7. The first-order chi connectivity index (χ1) is 46.1. The highest BCUT2D eigenvalue weighted by Crippen LogP contribution is 2.41. The molecule has 0 unspecified atom stereocenters. The summed E-state index contributed by atoms with van der Waals surface area (Å²) in [7, 11) is 5.10. The number of nitrogens with one attached hydrogen (secondary N) is 2. The van der Waals surface area contributed by atoms with Gasteiger partial charge in [-0.05, 0) is 118 Å². The van der Waals surface area contributed by atoms with Gasteiger partial charge in [-0.3, -0.25) is 9.88 Å². The molecule has 21 nitrogen and oxygen atoms in total. The summed E-state index contributed by atoms with van der Waals surface area (Å²) in [6.45, 7) is 9.81. The van der Waals surface area contributed by atoms with Crippen LogP contribution in [0.3, 0.4) is 0 Å². The minimum Gasteiger partial charge on any atom is -0.493 e. The number of hydrogen-bond acceptors (Lipinski definition) is 17. The molecule has 6 aromatic heterocycles. The number of nitrogen functional groups attached to an aromatic ring is 1. The number of anilines is 2. The average molecular weight is 1480 g/mol. The van der Waals surface area contributed by atoms with E-state index in [2.05, 4.69) is 41.1 Å². The normalized spacial score (nSPS) is 11.2. The third-order valence-electron chi connectivity index (χ3n) is 13.1. The number of aryl methyl sites for hydroxylation is 3. The van der Waals surface area contributed by atoms with E-state index < -0.39 is 47.5 Å². The van der Waals surface area contributed by atoms with E-state index in [9.17, 15) is 57.9 Å². The maximum atomic E-state index is 13.1. The van der Waals surface area contributed by atoms with Crippen molar-refractivity contribution in [2.24, 2.45) is 0 Å². The quantitative estimate of drug-likeness (QED) is 0.0246. The van der Waals surface area contributed by atoms with E-state index in [1.54, 1.807) is 32.4 Å². The molecule has 0 radical (unpaired) electrons. The van der Waals surface area contributed by atoms with Crippen LogP contribution in [0.2, 0.25) is 0 Å². The van der Waals surface area contributed by atoms with Crippen LogP contribution in [0.15, 0.2) is 105 Å². The molecule has 0 saturated heterocycles.